The first kappa shape index (κ1) is 8.77. The van der Waals surface area contributed by atoms with Crippen LogP contribution in [0.5, 0.6) is 5.75 Å². The van der Waals surface area contributed by atoms with Crippen LogP contribution in [0, 0.1) is 0 Å². The molecule has 0 saturated heterocycles. The van der Waals surface area contributed by atoms with Crippen LogP contribution in [0.25, 0.3) is 0 Å². The van der Waals surface area contributed by atoms with Gasteiger partial charge in [-0.2, -0.15) is 0 Å². The zero-order valence-electron chi connectivity index (χ0n) is 7.26. The van der Waals surface area contributed by atoms with Crippen LogP contribution in [0.15, 0.2) is 11.0 Å². The average molecular weight is 168 g/mol. The molecule has 12 heavy (non-hydrogen) atoms. The molecule has 0 spiro atoms. The third-order valence-corrected chi connectivity index (χ3v) is 1.53. The summed E-state index contributed by atoms with van der Waals surface area (Å²) >= 11 is 0. The summed E-state index contributed by atoms with van der Waals surface area (Å²) < 4.78 is 4.77. The van der Waals surface area contributed by atoms with Crippen molar-refractivity contribution in [3.05, 3.63) is 22.4 Å². The molecule has 0 aliphatic carbocycles. The molecule has 0 atom stereocenters. The molecule has 0 aromatic carbocycles. The molecule has 0 unspecified atom stereocenters. The molecule has 0 amide bonds. The molecule has 0 bridgehead atoms. The Morgan fingerprint density at radius 3 is 2.92 bits per heavy atom. The summed E-state index contributed by atoms with van der Waals surface area (Å²) in [5.74, 6) is 0.971. The summed E-state index contributed by atoms with van der Waals surface area (Å²) in [6.07, 6.45) is 3.21. The van der Waals surface area contributed by atoms with Gasteiger partial charge in [0, 0.05) is 6.42 Å². The Hall–Kier alpha value is -1.32. The van der Waals surface area contributed by atoms with E-state index in [2.05, 4.69) is 9.97 Å². The lowest BCUT2D eigenvalue weighted by Crippen LogP contribution is -2.12. The van der Waals surface area contributed by atoms with Crippen molar-refractivity contribution in [3.8, 4) is 5.75 Å². The van der Waals surface area contributed by atoms with Crippen LogP contribution >= 0.6 is 0 Å². The van der Waals surface area contributed by atoms with Gasteiger partial charge in [-0.1, -0.05) is 6.92 Å². The Morgan fingerprint density at radius 1 is 1.67 bits per heavy atom. The molecule has 0 fully saturated rings. The van der Waals surface area contributed by atoms with Gasteiger partial charge in [0.05, 0.1) is 13.3 Å². The van der Waals surface area contributed by atoms with Crippen LogP contribution in [0.2, 0.25) is 0 Å². The van der Waals surface area contributed by atoms with Gasteiger partial charge in [-0.25, -0.2) is 4.98 Å². The van der Waals surface area contributed by atoms with Gasteiger partial charge in [-0.05, 0) is 6.42 Å². The monoisotopic (exact) mass is 168 g/mol. The van der Waals surface area contributed by atoms with Crippen LogP contribution in [-0.2, 0) is 6.42 Å². The number of aromatic amines is 1. The second-order valence-corrected chi connectivity index (χ2v) is 2.48. The number of nitrogens with zero attached hydrogens (tertiary/aromatic N) is 1. The molecule has 1 aromatic heterocycles. The number of ether oxygens (including phenoxy) is 1. The number of H-pyrrole nitrogens is 1. The number of aryl methyl sites for hydroxylation is 1. The van der Waals surface area contributed by atoms with Crippen LogP contribution in [-0.4, -0.2) is 17.1 Å². The van der Waals surface area contributed by atoms with Crippen molar-refractivity contribution in [1.29, 1.82) is 0 Å². The Balaban J connectivity index is 2.94. The number of aromatic nitrogens is 2. The molecule has 66 valence electrons. The molecule has 1 aromatic rings. The van der Waals surface area contributed by atoms with Crippen molar-refractivity contribution < 1.29 is 4.74 Å². The van der Waals surface area contributed by atoms with E-state index in [-0.39, 0.29) is 11.3 Å². The fourth-order valence-electron chi connectivity index (χ4n) is 0.929. The lowest BCUT2D eigenvalue weighted by molar-refractivity contribution is 0.405. The molecule has 4 nitrogen and oxygen atoms in total. The van der Waals surface area contributed by atoms with E-state index in [4.69, 9.17) is 4.74 Å². The van der Waals surface area contributed by atoms with Crippen LogP contribution in [0.3, 0.4) is 0 Å². The van der Waals surface area contributed by atoms with Gasteiger partial charge in [-0.3, -0.25) is 4.79 Å². The van der Waals surface area contributed by atoms with E-state index >= 15 is 0 Å². The molecular weight excluding hydrogens is 156 g/mol. The Morgan fingerprint density at radius 2 is 2.42 bits per heavy atom. The maximum Gasteiger partial charge on any atom is 0.293 e. The summed E-state index contributed by atoms with van der Waals surface area (Å²) in [5.41, 5.74) is -0.212. The first-order chi connectivity index (χ1) is 5.77. The summed E-state index contributed by atoms with van der Waals surface area (Å²) in [6.45, 7) is 2.03. The first-order valence-electron chi connectivity index (χ1n) is 3.90. The molecule has 4 heteroatoms. The van der Waals surface area contributed by atoms with Gasteiger partial charge >= 0.3 is 0 Å². The minimum Gasteiger partial charge on any atom is -0.490 e. The normalized spacial score (nSPS) is 9.83. The average Bonchev–Trinajstić information content (AvgIpc) is 2.05. The summed E-state index contributed by atoms with van der Waals surface area (Å²) in [6, 6.07) is 0. The molecule has 1 rings (SSSR count). The van der Waals surface area contributed by atoms with Crippen LogP contribution in [0.1, 0.15) is 19.2 Å². The molecular formula is C8H12N2O2. The second-order valence-electron chi connectivity index (χ2n) is 2.48. The van der Waals surface area contributed by atoms with Gasteiger partial charge in [-0.15, -0.1) is 0 Å². The number of nitrogens with one attached hydrogen (secondary N) is 1. The van der Waals surface area contributed by atoms with Crippen LogP contribution in [0.4, 0.5) is 0 Å². The fourth-order valence-corrected chi connectivity index (χ4v) is 0.929. The van der Waals surface area contributed by atoms with Crippen molar-refractivity contribution >= 4 is 0 Å². The minimum atomic E-state index is -0.212. The van der Waals surface area contributed by atoms with Crippen molar-refractivity contribution in [1.82, 2.24) is 9.97 Å². The Labute approximate surface area is 70.6 Å². The number of hydrogen-bond acceptors (Lipinski definition) is 3. The van der Waals surface area contributed by atoms with Crippen LogP contribution < -0.4 is 10.3 Å². The van der Waals surface area contributed by atoms with Crippen molar-refractivity contribution in [2.45, 2.75) is 19.8 Å². The first-order valence-corrected chi connectivity index (χ1v) is 3.90. The van der Waals surface area contributed by atoms with E-state index in [1.807, 2.05) is 6.92 Å². The van der Waals surface area contributed by atoms with E-state index in [0.717, 1.165) is 12.8 Å². The molecule has 0 aliphatic rings. The van der Waals surface area contributed by atoms with Crippen molar-refractivity contribution in [3.63, 3.8) is 0 Å². The van der Waals surface area contributed by atoms with E-state index in [9.17, 15) is 4.79 Å². The van der Waals surface area contributed by atoms with Gasteiger partial charge in [0.15, 0.2) is 0 Å². The lowest BCUT2D eigenvalue weighted by Gasteiger charge is -1.99. The van der Waals surface area contributed by atoms with Gasteiger partial charge in [0.25, 0.3) is 5.56 Å². The third-order valence-electron chi connectivity index (χ3n) is 1.53. The minimum absolute atomic E-state index is 0.212. The predicted molar refractivity (Wildman–Crippen MR) is 45.4 cm³/mol. The van der Waals surface area contributed by atoms with Gasteiger partial charge in [0.2, 0.25) is 5.75 Å². The van der Waals surface area contributed by atoms with E-state index in [1.54, 1.807) is 0 Å². The number of methoxy groups -OCH3 is 1. The van der Waals surface area contributed by atoms with E-state index in [1.165, 1.54) is 13.3 Å². The highest BCUT2D eigenvalue weighted by Gasteiger charge is 2.00. The fraction of sp³-hybridized carbons (Fsp3) is 0.500. The maximum absolute atomic E-state index is 11.1. The van der Waals surface area contributed by atoms with Gasteiger partial charge < -0.3 is 9.72 Å². The zero-order valence-corrected chi connectivity index (χ0v) is 7.26. The quantitative estimate of drug-likeness (QED) is 0.723. The lowest BCUT2D eigenvalue weighted by atomic mass is 10.3. The van der Waals surface area contributed by atoms with E-state index < -0.39 is 0 Å². The predicted octanol–water partition coefficient (Wildman–Crippen LogP) is 0.731. The van der Waals surface area contributed by atoms with Crippen molar-refractivity contribution in [2.75, 3.05) is 7.11 Å². The zero-order chi connectivity index (χ0) is 8.97. The highest BCUT2D eigenvalue weighted by Crippen LogP contribution is 1.98. The topological polar surface area (TPSA) is 55.0 Å². The molecule has 0 saturated carbocycles. The SMILES string of the molecule is CCCc1ncc(OC)c(=O)[nH]1. The highest BCUT2D eigenvalue weighted by atomic mass is 16.5. The third kappa shape index (κ3) is 1.84. The highest BCUT2D eigenvalue weighted by molar-refractivity contribution is 5.12. The number of rotatable bonds is 3. The summed E-state index contributed by atoms with van der Waals surface area (Å²) in [4.78, 5) is 17.8. The van der Waals surface area contributed by atoms with E-state index in [0.29, 0.717) is 5.82 Å². The molecule has 0 aliphatic heterocycles. The Bertz CT molecular complexity index is 306. The molecule has 1 heterocycles. The standard InChI is InChI=1S/C8H12N2O2/c1-3-4-7-9-5-6(12-2)8(11)10-7/h5H,3-4H2,1-2H3,(H,9,10,11). The van der Waals surface area contributed by atoms with Gasteiger partial charge in [0.1, 0.15) is 5.82 Å². The largest absolute Gasteiger partial charge is 0.490 e. The maximum atomic E-state index is 11.1. The molecule has 0 radical (unpaired) electrons. The molecule has 1 N–H and O–H groups in total. The summed E-state index contributed by atoms with van der Waals surface area (Å²) in [7, 11) is 1.45. The summed E-state index contributed by atoms with van der Waals surface area (Å²) in [5, 5.41) is 0. The second kappa shape index (κ2) is 3.90. The number of hydrogen-bond donors (Lipinski definition) is 1. The smallest absolute Gasteiger partial charge is 0.293 e. The Kier molecular flexibility index (Phi) is 2.85. The van der Waals surface area contributed by atoms with Crippen molar-refractivity contribution in [2.24, 2.45) is 0 Å².